The van der Waals surface area contributed by atoms with Gasteiger partial charge in [0.05, 0.1) is 6.04 Å². The third-order valence-electron chi connectivity index (χ3n) is 4.92. The number of benzene rings is 3. The maximum atomic E-state index is 13.0. The number of para-hydroxylation sites is 1. The van der Waals surface area contributed by atoms with Crippen LogP contribution in [0.5, 0.6) is 5.75 Å². The van der Waals surface area contributed by atoms with E-state index in [4.69, 9.17) is 9.84 Å². The molecule has 6 heteroatoms. The molecule has 0 bridgehead atoms. The van der Waals surface area contributed by atoms with E-state index in [-0.39, 0.29) is 30.5 Å². The largest absolute Gasteiger partial charge is 0.484 e. The van der Waals surface area contributed by atoms with Crippen molar-refractivity contribution in [1.29, 1.82) is 0 Å². The number of amides is 1. The van der Waals surface area contributed by atoms with E-state index in [0.717, 1.165) is 11.1 Å². The van der Waals surface area contributed by atoms with Gasteiger partial charge in [0.15, 0.2) is 18.2 Å². The van der Waals surface area contributed by atoms with Gasteiger partial charge < -0.3 is 15.2 Å². The molecule has 1 atom stereocenters. The van der Waals surface area contributed by atoms with Crippen molar-refractivity contribution in [2.24, 2.45) is 0 Å². The lowest BCUT2D eigenvalue weighted by Gasteiger charge is -2.18. The predicted molar refractivity (Wildman–Crippen MR) is 121 cm³/mol. The first-order valence-electron chi connectivity index (χ1n) is 10.3. The van der Waals surface area contributed by atoms with Crippen molar-refractivity contribution in [2.45, 2.75) is 18.9 Å². The summed E-state index contributed by atoms with van der Waals surface area (Å²) in [7, 11) is 0. The first-order chi connectivity index (χ1) is 15.5. The maximum Gasteiger partial charge on any atom is 0.258 e. The van der Waals surface area contributed by atoms with E-state index in [2.05, 4.69) is 5.32 Å². The van der Waals surface area contributed by atoms with Crippen LogP contribution in [0.15, 0.2) is 84.9 Å². The fourth-order valence-electron chi connectivity index (χ4n) is 3.22. The van der Waals surface area contributed by atoms with Crippen molar-refractivity contribution in [3.8, 4) is 5.75 Å². The Morgan fingerprint density at radius 2 is 1.44 bits per heavy atom. The molecule has 1 amide bonds. The van der Waals surface area contributed by atoms with E-state index in [0.29, 0.717) is 17.7 Å². The molecule has 0 aromatic heterocycles. The Morgan fingerprint density at radius 1 is 0.812 bits per heavy atom. The zero-order valence-electron chi connectivity index (χ0n) is 17.6. The minimum atomic E-state index is -0.719. The van der Waals surface area contributed by atoms with Crippen molar-refractivity contribution in [1.82, 2.24) is 5.32 Å². The lowest BCUT2D eigenvalue weighted by atomic mass is 9.97. The van der Waals surface area contributed by atoms with Crippen LogP contribution < -0.4 is 10.1 Å². The van der Waals surface area contributed by atoms with Gasteiger partial charge in [-0.25, -0.2) is 0 Å². The highest BCUT2D eigenvalue weighted by Crippen LogP contribution is 2.11. The molecule has 0 saturated heterocycles. The average Bonchev–Trinajstić information content (AvgIpc) is 2.83. The van der Waals surface area contributed by atoms with Gasteiger partial charge in [-0.2, -0.15) is 0 Å². The number of carbonyl (C=O) groups excluding carboxylic acids is 3. The van der Waals surface area contributed by atoms with Crippen LogP contribution >= 0.6 is 0 Å². The van der Waals surface area contributed by atoms with Crippen molar-refractivity contribution in [3.05, 3.63) is 102 Å². The van der Waals surface area contributed by atoms with Gasteiger partial charge in [-0.1, -0.05) is 72.8 Å². The van der Waals surface area contributed by atoms with Gasteiger partial charge in [-0.05, 0) is 29.7 Å². The van der Waals surface area contributed by atoms with Gasteiger partial charge in [0.2, 0.25) is 0 Å². The summed E-state index contributed by atoms with van der Waals surface area (Å²) in [6.45, 7) is -0.755. The van der Waals surface area contributed by atoms with Crippen LogP contribution in [-0.4, -0.2) is 41.8 Å². The lowest BCUT2D eigenvalue weighted by molar-refractivity contribution is -0.128. The second kappa shape index (κ2) is 11.6. The van der Waals surface area contributed by atoms with Crippen LogP contribution in [0.3, 0.4) is 0 Å². The van der Waals surface area contributed by atoms with Gasteiger partial charge in [-0.3, -0.25) is 14.4 Å². The quantitative estimate of drug-likeness (QED) is 0.456. The predicted octanol–water partition coefficient (Wildman–Crippen LogP) is 2.78. The number of nitrogens with one attached hydrogen (secondary N) is 1. The normalized spacial score (nSPS) is 11.4. The van der Waals surface area contributed by atoms with Gasteiger partial charge in [0.25, 0.3) is 5.91 Å². The molecule has 0 aliphatic heterocycles. The standard InChI is InChI=1S/C26H25NO5/c28-17-25(30)21-13-11-20(12-14-21)16-24(29)23(15-19-7-3-1-4-8-19)27-26(31)18-32-22-9-5-2-6-10-22/h1-14,23,28H,15-18H2,(H,27,31)/t23-/m0/s1. The summed E-state index contributed by atoms with van der Waals surface area (Å²) in [6, 6.07) is 24.3. The molecule has 0 unspecified atom stereocenters. The van der Waals surface area contributed by atoms with Crippen LogP contribution in [0.4, 0.5) is 0 Å². The molecule has 164 valence electrons. The summed E-state index contributed by atoms with van der Waals surface area (Å²) in [5, 5.41) is 11.8. The molecule has 6 nitrogen and oxygen atoms in total. The molecule has 0 spiro atoms. The monoisotopic (exact) mass is 431 g/mol. The van der Waals surface area contributed by atoms with Gasteiger partial charge in [0.1, 0.15) is 12.4 Å². The number of aliphatic hydroxyl groups is 1. The number of carbonyl (C=O) groups is 3. The number of ketones is 2. The topological polar surface area (TPSA) is 92.7 Å². The molecule has 0 aliphatic rings. The first kappa shape index (κ1) is 22.9. The van der Waals surface area contributed by atoms with Gasteiger partial charge >= 0.3 is 0 Å². The molecule has 3 aromatic carbocycles. The summed E-state index contributed by atoms with van der Waals surface area (Å²) in [5.41, 5.74) is 2.03. The van der Waals surface area contributed by atoms with E-state index < -0.39 is 12.6 Å². The van der Waals surface area contributed by atoms with Gasteiger partial charge in [-0.15, -0.1) is 0 Å². The maximum absolute atomic E-state index is 13.0. The Bertz CT molecular complexity index is 1030. The van der Waals surface area contributed by atoms with Crippen LogP contribution in [-0.2, 0) is 22.4 Å². The Kier molecular flexibility index (Phi) is 8.29. The molecular formula is C26H25NO5. The van der Waals surface area contributed by atoms with E-state index in [1.807, 2.05) is 48.5 Å². The average molecular weight is 431 g/mol. The highest BCUT2D eigenvalue weighted by atomic mass is 16.5. The third kappa shape index (κ3) is 6.89. The minimum Gasteiger partial charge on any atom is -0.484 e. The van der Waals surface area contributed by atoms with Crippen LogP contribution in [0.1, 0.15) is 21.5 Å². The molecule has 0 fully saturated rings. The minimum absolute atomic E-state index is 0.102. The van der Waals surface area contributed by atoms with Crippen molar-refractivity contribution in [3.63, 3.8) is 0 Å². The Morgan fingerprint density at radius 3 is 2.06 bits per heavy atom. The molecule has 2 N–H and O–H groups in total. The molecular weight excluding hydrogens is 406 g/mol. The first-order valence-corrected chi connectivity index (χ1v) is 10.3. The van der Waals surface area contributed by atoms with Crippen molar-refractivity contribution >= 4 is 17.5 Å². The zero-order chi connectivity index (χ0) is 22.8. The molecule has 0 heterocycles. The van der Waals surface area contributed by atoms with Crippen molar-refractivity contribution in [2.75, 3.05) is 13.2 Å². The number of hydrogen-bond donors (Lipinski definition) is 2. The molecule has 32 heavy (non-hydrogen) atoms. The highest BCUT2D eigenvalue weighted by molar-refractivity contribution is 5.97. The Labute approximate surface area is 186 Å². The summed E-state index contributed by atoms with van der Waals surface area (Å²) in [6.07, 6.45) is 0.461. The highest BCUT2D eigenvalue weighted by Gasteiger charge is 2.22. The molecule has 3 aromatic rings. The summed E-state index contributed by atoms with van der Waals surface area (Å²) in [4.78, 5) is 37.1. The molecule has 0 saturated carbocycles. The van der Waals surface area contributed by atoms with E-state index in [1.165, 1.54) is 0 Å². The number of rotatable bonds is 11. The summed E-state index contributed by atoms with van der Waals surface area (Å²) in [5.74, 6) is -0.336. The SMILES string of the molecule is O=C(COc1ccccc1)N[C@@H](Cc1ccccc1)C(=O)Cc1ccc(C(=O)CO)cc1. The smallest absolute Gasteiger partial charge is 0.258 e. The summed E-state index contributed by atoms with van der Waals surface area (Å²) < 4.78 is 5.49. The van der Waals surface area contributed by atoms with E-state index in [1.54, 1.807) is 36.4 Å². The second-order valence-corrected chi connectivity index (χ2v) is 7.33. The second-order valence-electron chi connectivity index (χ2n) is 7.33. The lowest BCUT2D eigenvalue weighted by Crippen LogP contribution is -2.45. The third-order valence-corrected chi connectivity index (χ3v) is 4.92. The number of Topliss-reactive ketones (excluding diaryl/α,β-unsaturated/α-hetero) is 2. The summed E-state index contributed by atoms with van der Waals surface area (Å²) >= 11 is 0. The van der Waals surface area contributed by atoms with Gasteiger partial charge in [0, 0.05) is 12.0 Å². The number of ether oxygens (including phenoxy) is 1. The van der Waals surface area contributed by atoms with E-state index >= 15 is 0 Å². The Balaban J connectivity index is 1.66. The molecule has 0 radical (unpaired) electrons. The molecule has 3 rings (SSSR count). The van der Waals surface area contributed by atoms with Crippen LogP contribution in [0.2, 0.25) is 0 Å². The van der Waals surface area contributed by atoms with E-state index in [9.17, 15) is 14.4 Å². The number of aliphatic hydroxyl groups excluding tert-OH is 1. The van der Waals surface area contributed by atoms with Crippen LogP contribution in [0.25, 0.3) is 0 Å². The van der Waals surface area contributed by atoms with Crippen molar-refractivity contribution < 1.29 is 24.2 Å². The number of hydrogen-bond acceptors (Lipinski definition) is 5. The van der Waals surface area contributed by atoms with Crippen LogP contribution in [0, 0.1) is 0 Å². The zero-order valence-corrected chi connectivity index (χ0v) is 17.6. The molecule has 0 aliphatic carbocycles. The fourth-order valence-corrected chi connectivity index (χ4v) is 3.22. The Hall–Kier alpha value is -3.77. The fraction of sp³-hybridized carbons (Fsp3) is 0.192.